The minimum absolute atomic E-state index is 0.168. The Morgan fingerprint density at radius 2 is 1.73 bits per heavy atom. The Morgan fingerprint density at radius 3 is 2.33 bits per heavy atom. The van der Waals surface area contributed by atoms with E-state index in [0.29, 0.717) is 17.2 Å². The molecule has 0 bridgehead atoms. The molecule has 0 aliphatic carbocycles. The van der Waals surface area contributed by atoms with Crippen LogP contribution in [0.25, 0.3) is 11.1 Å². The Hall–Kier alpha value is -3.60. The molecule has 0 saturated heterocycles. The zero-order valence-electron chi connectivity index (χ0n) is 17.2. The molecule has 11 heteroatoms. The summed E-state index contributed by atoms with van der Waals surface area (Å²) in [4.78, 5) is 3.82. The van der Waals surface area contributed by atoms with E-state index in [1.54, 1.807) is 6.92 Å². The lowest BCUT2D eigenvalue weighted by Crippen LogP contribution is -2.40. The number of rotatable bonds is 6. The van der Waals surface area contributed by atoms with E-state index in [-0.39, 0.29) is 12.1 Å². The summed E-state index contributed by atoms with van der Waals surface area (Å²) in [6, 6.07) is 6.53. The molecule has 2 heterocycles. The van der Waals surface area contributed by atoms with E-state index < -0.39 is 35.0 Å². The third kappa shape index (κ3) is 4.49. The second kappa shape index (κ2) is 8.39. The van der Waals surface area contributed by atoms with Crippen molar-refractivity contribution in [2.24, 2.45) is 0 Å². The lowest BCUT2D eigenvalue weighted by Gasteiger charge is -2.34. The molecule has 2 aromatic carbocycles. The molecule has 0 unspecified atom stereocenters. The van der Waals surface area contributed by atoms with Crippen LogP contribution in [0.15, 0.2) is 67.5 Å². The number of aromatic nitrogens is 5. The van der Waals surface area contributed by atoms with Gasteiger partial charge < -0.3 is 5.11 Å². The second-order valence-electron chi connectivity index (χ2n) is 7.60. The van der Waals surface area contributed by atoms with Crippen molar-refractivity contribution < 1.29 is 27.1 Å². The summed E-state index contributed by atoms with van der Waals surface area (Å²) in [6.45, 7) is 1.37. The number of nitrogens with zero attached hydrogens (tertiary/aromatic N) is 5. The van der Waals surface area contributed by atoms with Gasteiger partial charge in [0.2, 0.25) is 0 Å². The number of aliphatic hydroxyl groups is 1. The highest BCUT2D eigenvalue weighted by Gasteiger charge is 2.41. The van der Waals surface area contributed by atoms with Gasteiger partial charge in [0, 0.05) is 23.4 Å². The van der Waals surface area contributed by atoms with Crippen molar-refractivity contribution in [1.29, 1.82) is 0 Å². The molecular formula is C22H18F5N5O. The van der Waals surface area contributed by atoms with Crippen LogP contribution >= 0.6 is 0 Å². The molecule has 0 aliphatic heterocycles. The summed E-state index contributed by atoms with van der Waals surface area (Å²) < 4.78 is 69.3. The fourth-order valence-corrected chi connectivity index (χ4v) is 3.61. The number of hydrogen-bond donors (Lipinski definition) is 1. The van der Waals surface area contributed by atoms with Crippen LogP contribution in [0, 0.1) is 11.6 Å². The predicted octanol–water partition coefficient (Wildman–Crippen LogP) is 4.59. The van der Waals surface area contributed by atoms with Gasteiger partial charge in [0.15, 0.2) is 0 Å². The average molecular weight is 463 g/mol. The van der Waals surface area contributed by atoms with Gasteiger partial charge in [0.1, 0.15) is 29.9 Å². The van der Waals surface area contributed by atoms with Crippen molar-refractivity contribution in [3.8, 4) is 11.1 Å². The van der Waals surface area contributed by atoms with Crippen LogP contribution < -0.4 is 0 Å². The van der Waals surface area contributed by atoms with Gasteiger partial charge in [-0.05, 0) is 30.7 Å². The van der Waals surface area contributed by atoms with Crippen molar-refractivity contribution in [3.63, 3.8) is 0 Å². The van der Waals surface area contributed by atoms with Crippen LogP contribution in [-0.2, 0) is 18.3 Å². The van der Waals surface area contributed by atoms with Gasteiger partial charge in [-0.25, -0.2) is 18.4 Å². The second-order valence-corrected chi connectivity index (χ2v) is 7.60. The monoisotopic (exact) mass is 463 g/mol. The Kier molecular flexibility index (Phi) is 5.75. The molecule has 0 fully saturated rings. The van der Waals surface area contributed by atoms with Gasteiger partial charge >= 0.3 is 6.18 Å². The zero-order valence-corrected chi connectivity index (χ0v) is 17.2. The Morgan fingerprint density at radius 1 is 1.00 bits per heavy atom. The Balaban J connectivity index is 1.70. The third-order valence-corrected chi connectivity index (χ3v) is 5.50. The van der Waals surface area contributed by atoms with E-state index in [0.717, 1.165) is 24.3 Å². The minimum Gasteiger partial charge on any atom is -0.381 e. The molecule has 2 atom stereocenters. The van der Waals surface area contributed by atoms with Gasteiger partial charge in [0.25, 0.3) is 0 Å². The highest BCUT2D eigenvalue weighted by Crippen LogP contribution is 2.37. The molecule has 6 nitrogen and oxygen atoms in total. The largest absolute Gasteiger partial charge is 0.416 e. The molecule has 0 aliphatic rings. The van der Waals surface area contributed by atoms with Crippen molar-refractivity contribution in [1.82, 2.24) is 24.5 Å². The van der Waals surface area contributed by atoms with Crippen LogP contribution in [0.5, 0.6) is 0 Å². The van der Waals surface area contributed by atoms with Gasteiger partial charge in [0.05, 0.1) is 24.3 Å². The first-order chi connectivity index (χ1) is 15.6. The number of halogens is 5. The van der Waals surface area contributed by atoms with Gasteiger partial charge in [-0.15, -0.1) is 0 Å². The zero-order chi connectivity index (χ0) is 23.8. The fourth-order valence-electron chi connectivity index (χ4n) is 3.61. The summed E-state index contributed by atoms with van der Waals surface area (Å²) >= 11 is 0. The van der Waals surface area contributed by atoms with E-state index in [4.69, 9.17) is 0 Å². The van der Waals surface area contributed by atoms with Gasteiger partial charge in [-0.3, -0.25) is 4.68 Å². The maximum absolute atomic E-state index is 14.7. The van der Waals surface area contributed by atoms with E-state index in [1.165, 1.54) is 46.5 Å². The average Bonchev–Trinajstić information content (AvgIpc) is 3.44. The van der Waals surface area contributed by atoms with Gasteiger partial charge in [-0.1, -0.05) is 18.2 Å². The van der Waals surface area contributed by atoms with Crippen LogP contribution in [0.4, 0.5) is 22.0 Å². The van der Waals surface area contributed by atoms with Crippen molar-refractivity contribution in [2.75, 3.05) is 0 Å². The third-order valence-electron chi connectivity index (χ3n) is 5.50. The first kappa shape index (κ1) is 22.6. The van der Waals surface area contributed by atoms with Crippen LogP contribution in [0.2, 0.25) is 0 Å². The lowest BCUT2D eigenvalue weighted by atomic mass is 9.86. The first-order valence-electron chi connectivity index (χ1n) is 9.80. The summed E-state index contributed by atoms with van der Waals surface area (Å²) in [5.41, 5.74) is -1.89. The van der Waals surface area contributed by atoms with E-state index in [9.17, 15) is 27.1 Å². The quantitative estimate of drug-likeness (QED) is 0.425. The first-order valence-corrected chi connectivity index (χ1v) is 9.80. The lowest BCUT2D eigenvalue weighted by molar-refractivity contribution is -0.137. The molecule has 4 rings (SSSR count). The molecule has 0 spiro atoms. The van der Waals surface area contributed by atoms with Crippen LogP contribution in [0.1, 0.15) is 24.1 Å². The standard InChI is InChI=1S/C22H18F5N5O/c1-14(32-10-16(9-29-32)15-2-4-17(5-3-15)22(25,26)27)21(33,11-31-13-28-12-30-31)19-7-6-18(23)8-20(19)24/h2-10,12-14,33H,11H2,1H3/t14-,21-/m1/s1. The van der Waals surface area contributed by atoms with Crippen LogP contribution in [-0.4, -0.2) is 29.7 Å². The van der Waals surface area contributed by atoms with E-state index in [2.05, 4.69) is 15.2 Å². The molecular weight excluding hydrogens is 445 g/mol. The molecule has 1 N–H and O–H groups in total. The molecule has 0 radical (unpaired) electrons. The Bertz CT molecular complexity index is 1240. The summed E-state index contributed by atoms with van der Waals surface area (Å²) in [7, 11) is 0. The fraction of sp³-hybridized carbons (Fsp3) is 0.227. The molecule has 33 heavy (non-hydrogen) atoms. The smallest absolute Gasteiger partial charge is 0.381 e. The predicted molar refractivity (Wildman–Crippen MR) is 108 cm³/mol. The van der Waals surface area contributed by atoms with Crippen molar-refractivity contribution in [2.45, 2.75) is 31.3 Å². The Labute approximate surface area is 184 Å². The summed E-state index contributed by atoms with van der Waals surface area (Å²) in [5.74, 6) is -1.74. The number of hydrogen-bond acceptors (Lipinski definition) is 4. The van der Waals surface area contributed by atoms with E-state index in [1.807, 2.05) is 0 Å². The number of alkyl halides is 3. The summed E-state index contributed by atoms with van der Waals surface area (Å²) in [5, 5.41) is 19.8. The molecule has 2 aromatic heterocycles. The highest BCUT2D eigenvalue weighted by atomic mass is 19.4. The maximum atomic E-state index is 14.7. The van der Waals surface area contributed by atoms with Gasteiger partial charge in [-0.2, -0.15) is 23.4 Å². The number of benzene rings is 2. The SMILES string of the molecule is C[C@@H](n1cc(-c2ccc(C(F)(F)F)cc2)cn1)[C@](O)(Cn1cncn1)c1ccc(F)cc1F. The summed E-state index contributed by atoms with van der Waals surface area (Å²) in [6.07, 6.45) is 1.10. The topological polar surface area (TPSA) is 68.8 Å². The van der Waals surface area contributed by atoms with Crippen molar-refractivity contribution in [3.05, 3.63) is 90.3 Å². The van der Waals surface area contributed by atoms with Crippen LogP contribution in [0.3, 0.4) is 0 Å². The molecule has 4 aromatic rings. The minimum atomic E-state index is -4.45. The van der Waals surface area contributed by atoms with Crippen molar-refractivity contribution >= 4 is 0 Å². The molecule has 172 valence electrons. The molecule has 0 amide bonds. The highest BCUT2D eigenvalue weighted by molar-refractivity contribution is 5.62. The maximum Gasteiger partial charge on any atom is 0.416 e. The normalized spacial score (nSPS) is 14.8. The van der Waals surface area contributed by atoms with E-state index >= 15 is 0 Å². The molecule has 0 saturated carbocycles.